The number of thiophene rings is 1. The summed E-state index contributed by atoms with van der Waals surface area (Å²) in [6, 6.07) is 7.44. The van der Waals surface area contributed by atoms with Gasteiger partial charge in [-0.1, -0.05) is 12.1 Å². The van der Waals surface area contributed by atoms with Crippen LogP contribution in [0.15, 0.2) is 34.1 Å². The molecule has 2 aromatic rings. The van der Waals surface area contributed by atoms with E-state index >= 15 is 0 Å². The molecule has 2 rings (SSSR count). The van der Waals surface area contributed by atoms with Gasteiger partial charge in [0.2, 0.25) is 0 Å². The van der Waals surface area contributed by atoms with Crippen molar-refractivity contribution in [1.29, 1.82) is 0 Å². The van der Waals surface area contributed by atoms with Crippen LogP contribution in [0.25, 0.3) is 0 Å². The van der Waals surface area contributed by atoms with Crippen molar-refractivity contribution in [2.75, 3.05) is 0 Å². The molecule has 1 aromatic carbocycles. The van der Waals surface area contributed by atoms with Crippen molar-refractivity contribution < 1.29 is 4.79 Å². The molecular formula is C14H14BrNOS. The van der Waals surface area contributed by atoms with E-state index in [1.54, 1.807) is 11.3 Å². The van der Waals surface area contributed by atoms with Crippen molar-refractivity contribution >= 4 is 33.2 Å². The van der Waals surface area contributed by atoms with E-state index in [9.17, 15) is 4.79 Å². The van der Waals surface area contributed by atoms with Crippen LogP contribution in [0.4, 0.5) is 0 Å². The Morgan fingerprint density at radius 1 is 1.33 bits per heavy atom. The van der Waals surface area contributed by atoms with Crippen LogP contribution in [0.2, 0.25) is 0 Å². The molecule has 1 heterocycles. The van der Waals surface area contributed by atoms with Crippen LogP contribution in [0.3, 0.4) is 0 Å². The Bertz CT molecular complexity index is 577. The lowest BCUT2D eigenvalue weighted by Gasteiger charge is -2.06. The highest BCUT2D eigenvalue weighted by Gasteiger charge is 2.10. The second kappa shape index (κ2) is 5.67. The van der Waals surface area contributed by atoms with E-state index in [0.717, 1.165) is 4.47 Å². The van der Waals surface area contributed by atoms with Crippen molar-refractivity contribution in [2.45, 2.75) is 20.4 Å². The first-order valence-electron chi connectivity index (χ1n) is 5.66. The largest absolute Gasteiger partial charge is 0.348 e. The summed E-state index contributed by atoms with van der Waals surface area (Å²) in [6.45, 7) is 4.77. The fourth-order valence-corrected chi connectivity index (χ4v) is 3.00. The zero-order chi connectivity index (χ0) is 13.1. The van der Waals surface area contributed by atoms with Crippen molar-refractivity contribution in [1.82, 2.24) is 5.32 Å². The molecular weight excluding hydrogens is 310 g/mol. The lowest BCUT2D eigenvalue weighted by atomic mass is 10.1. The highest BCUT2D eigenvalue weighted by atomic mass is 79.9. The predicted molar refractivity (Wildman–Crippen MR) is 79.1 cm³/mol. The first kappa shape index (κ1) is 13.3. The number of carbonyl (C=O) groups is 1. The zero-order valence-electron chi connectivity index (χ0n) is 10.3. The summed E-state index contributed by atoms with van der Waals surface area (Å²) in [5.41, 5.74) is 3.13. The molecule has 1 amide bonds. The molecule has 94 valence electrons. The molecule has 1 aromatic heterocycles. The van der Waals surface area contributed by atoms with Gasteiger partial charge in [0, 0.05) is 15.9 Å². The molecule has 4 heteroatoms. The smallest absolute Gasteiger partial charge is 0.252 e. The molecule has 0 atom stereocenters. The molecule has 0 aliphatic rings. The number of amides is 1. The Morgan fingerprint density at radius 2 is 2.06 bits per heavy atom. The Hall–Kier alpha value is -1.13. The molecule has 0 saturated carbocycles. The van der Waals surface area contributed by atoms with E-state index in [4.69, 9.17) is 0 Å². The Kier molecular flexibility index (Phi) is 4.19. The van der Waals surface area contributed by atoms with Gasteiger partial charge in [-0.05, 0) is 58.4 Å². The lowest BCUT2D eigenvalue weighted by Crippen LogP contribution is -2.23. The van der Waals surface area contributed by atoms with E-state index in [0.29, 0.717) is 12.1 Å². The number of hydrogen-bond acceptors (Lipinski definition) is 2. The second-order valence-corrected chi connectivity index (χ2v) is 6.04. The van der Waals surface area contributed by atoms with E-state index in [1.807, 2.05) is 24.3 Å². The standard InChI is InChI=1S/C14H14BrNOS/c1-9-10(2)18-8-11(9)7-16-14(17)12-5-3-4-6-13(12)15/h3-6,8H,7H2,1-2H3,(H,16,17). The average Bonchev–Trinajstić information content (AvgIpc) is 2.68. The third kappa shape index (κ3) is 2.82. The maximum Gasteiger partial charge on any atom is 0.252 e. The van der Waals surface area contributed by atoms with Gasteiger partial charge in [0.1, 0.15) is 0 Å². The third-order valence-corrected chi connectivity index (χ3v) is 4.70. The SMILES string of the molecule is Cc1scc(CNC(=O)c2ccccc2Br)c1C. The van der Waals surface area contributed by atoms with Crippen molar-refractivity contribution in [2.24, 2.45) is 0 Å². The maximum absolute atomic E-state index is 12.0. The Balaban J connectivity index is 2.05. The molecule has 2 nitrogen and oxygen atoms in total. The summed E-state index contributed by atoms with van der Waals surface area (Å²) >= 11 is 5.10. The van der Waals surface area contributed by atoms with Crippen LogP contribution in [0, 0.1) is 13.8 Å². The van der Waals surface area contributed by atoms with Crippen molar-refractivity contribution in [3.8, 4) is 0 Å². The first-order valence-corrected chi connectivity index (χ1v) is 7.33. The van der Waals surface area contributed by atoms with Gasteiger partial charge in [0.05, 0.1) is 5.56 Å². The van der Waals surface area contributed by atoms with Crippen LogP contribution in [-0.4, -0.2) is 5.91 Å². The van der Waals surface area contributed by atoms with E-state index < -0.39 is 0 Å². The number of carbonyl (C=O) groups excluding carboxylic acids is 1. The van der Waals surface area contributed by atoms with Gasteiger partial charge < -0.3 is 5.32 Å². The number of aryl methyl sites for hydroxylation is 1. The average molecular weight is 324 g/mol. The monoisotopic (exact) mass is 323 g/mol. The highest BCUT2D eigenvalue weighted by Crippen LogP contribution is 2.21. The minimum Gasteiger partial charge on any atom is -0.348 e. The molecule has 1 N–H and O–H groups in total. The minimum atomic E-state index is -0.0503. The fourth-order valence-electron chi connectivity index (χ4n) is 1.65. The molecule has 0 unspecified atom stereocenters. The van der Waals surface area contributed by atoms with Crippen LogP contribution in [0.1, 0.15) is 26.4 Å². The van der Waals surface area contributed by atoms with Gasteiger partial charge in [0.25, 0.3) is 5.91 Å². The summed E-state index contributed by atoms with van der Waals surface area (Å²) in [5.74, 6) is -0.0503. The third-order valence-electron chi connectivity index (χ3n) is 2.95. The molecule has 0 fully saturated rings. The van der Waals surface area contributed by atoms with Gasteiger partial charge in [-0.15, -0.1) is 11.3 Å². The molecule has 18 heavy (non-hydrogen) atoms. The van der Waals surface area contributed by atoms with Crippen LogP contribution in [0.5, 0.6) is 0 Å². The number of benzene rings is 1. The normalized spacial score (nSPS) is 10.4. The number of halogens is 1. The summed E-state index contributed by atoms with van der Waals surface area (Å²) < 4.78 is 0.820. The topological polar surface area (TPSA) is 29.1 Å². The summed E-state index contributed by atoms with van der Waals surface area (Å²) in [7, 11) is 0. The van der Waals surface area contributed by atoms with E-state index in [1.165, 1.54) is 16.0 Å². The number of hydrogen-bond donors (Lipinski definition) is 1. The van der Waals surface area contributed by atoms with E-state index in [2.05, 4.69) is 40.5 Å². The van der Waals surface area contributed by atoms with Crippen LogP contribution in [-0.2, 0) is 6.54 Å². The quantitative estimate of drug-likeness (QED) is 0.906. The summed E-state index contributed by atoms with van der Waals surface area (Å²) in [4.78, 5) is 13.3. The van der Waals surface area contributed by atoms with E-state index in [-0.39, 0.29) is 5.91 Å². The number of rotatable bonds is 3. The zero-order valence-corrected chi connectivity index (χ0v) is 12.7. The molecule has 0 aliphatic heterocycles. The summed E-state index contributed by atoms with van der Waals surface area (Å²) in [5, 5.41) is 5.05. The second-order valence-electron chi connectivity index (χ2n) is 4.10. The van der Waals surface area contributed by atoms with Crippen LogP contribution >= 0.6 is 27.3 Å². The van der Waals surface area contributed by atoms with Gasteiger partial charge >= 0.3 is 0 Å². The first-order chi connectivity index (χ1) is 8.59. The maximum atomic E-state index is 12.0. The summed E-state index contributed by atoms with van der Waals surface area (Å²) in [6.07, 6.45) is 0. The van der Waals surface area contributed by atoms with Gasteiger partial charge in [-0.25, -0.2) is 0 Å². The number of nitrogens with one attached hydrogen (secondary N) is 1. The predicted octanol–water partition coefficient (Wildman–Crippen LogP) is 4.06. The minimum absolute atomic E-state index is 0.0503. The van der Waals surface area contributed by atoms with Crippen molar-refractivity contribution in [3.05, 3.63) is 55.7 Å². The van der Waals surface area contributed by atoms with Gasteiger partial charge in [0.15, 0.2) is 0 Å². The Labute approximate surface area is 119 Å². The van der Waals surface area contributed by atoms with Gasteiger partial charge in [-0.3, -0.25) is 4.79 Å². The van der Waals surface area contributed by atoms with Crippen molar-refractivity contribution in [3.63, 3.8) is 0 Å². The highest BCUT2D eigenvalue weighted by molar-refractivity contribution is 9.10. The van der Waals surface area contributed by atoms with Gasteiger partial charge in [-0.2, -0.15) is 0 Å². The molecule has 0 radical (unpaired) electrons. The Morgan fingerprint density at radius 3 is 2.67 bits per heavy atom. The molecule has 0 saturated heterocycles. The molecule has 0 spiro atoms. The lowest BCUT2D eigenvalue weighted by molar-refractivity contribution is 0.0950. The fraction of sp³-hybridized carbons (Fsp3) is 0.214. The van der Waals surface area contributed by atoms with Crippen LogP contribution < -0.4 is 5.32 Å². The molecule has 0 aliphatic carbocycles. The molecule has 0 bridgehead atoms.